The van der Waals surface area contributed by atoms with Gasteiger partial charge in [-0.3, -0.25) is 0 Å². The summed E-state index contributed by atoms with van der Waals surface area (Å²) in [5.41, 5.74) is 5.95. The second kappa shape index (κ2) is 10.8. The molecule has 2 fully saturated rings. The molecule has 3 aliphatic carbocycles. The van der Waals surface area contributed by atoms with E-state index >= 15 is 0 Å². The van der Waals surface area contributed by atoms with Crippen molar-refractivity contribution in [2.45, 2.75) is 91.8 Å². The summed E-state index contributed by atoms with van der Waals surface area (Å²) in [6.45, 7) is 15.3. The van der Waals surface area contributed by atoms with E-state index in [1.54, 1.807) is 12.7 Å². The number of hydrogen-bond acceptors (Lipinski definition) is 4. The van der Waals surface area contributed by atoms with Crippen molar-refractivity contribution in [1.82, 2.24) is 0 Å². The monoisotopic (exact) mass is 467 g/mol. The SMILES string of the molecule is C=C1/C(=C\C=C2/CCC[C@]3(C)C([C@@H](C)C/C=C/C(=N\OC)C(C)(C)C)=CC[C@@H]23)C[C@@H](O)C[C@@H]1O. The van der Waals surface area contributed by atoms with Crippen molar-refractivity contribution in [3.8, 4) is 0 Å². The first-order chi connectivity index (χ1) is 16.0. The molecule has 0 amide bonds. The van der Waals surface area contributed by atoms with Crippen LogP contribution in [-0.2, 0) is 4.84 Å². The Kier molecular flexibility index (Phi) is 8.47. The quantitative estimate of drug-likeness (QED) is 0.260. The van der Waals surface area contributed by atoms with E-state index in [2.05, 4.69) is 76.7 Å². The molecule has 2 saturated carbocycles. The van der Waals surface area contributed by atoms with Gasteiger partial charge in [0.25, 0.3) is 0 Å². The van der Waals surface area contributed by atoms with Crippen LogP contribution >= 0.6 is 0 Å². The van der Waals surface area contributed by atoms with E-state index in [-0.39, 0.29) is 10.8 Å². The zero-order valence-corrected chi connectivity index (χ0v) is 22.1. The maximum absolute atomic E-state index is 10.2. The van der Waals surface area contributed by atoms with Gasteiger partial charge in [-0.15, -0.1) is 0 Å². The summed E-state index contributed by atoms with van der Waals surface area (Å²) in [4.78, 5) is 5.05. The molecule has 0 aromatic heterocycles. The second-order valence-corrected chi connectivity index (χ2v) is 11.7. The van der Waals surface area contributed by atoms with Gasteiger partial charge in [0.05, 0.1) is 17.9 Å². The summed E-state index contributed by atoms with van der Waals surface area (Å²) in [5.74, 6) is 1.02. The molecule has 3 rings (SSSR count). The van der Waals surface area contributed by atoms with Crippen LogP contribution < -0.4 is 0 Å². The van der Waals surface area contributed by atoms with Gasteiger partial charge in [0, 0.05) is 11.8 Å². The van der Waals surface area contributed by atoms with E-state index in [0.717, 1.165) is 36.1 Å². The third-order valence-electron chi connectivity index (χ3n) is 8.13. The minimum atomic E-state index is -0.633. The first kappa shape index (κ1) is 26.7. The molecule has 3 aliphatic rings. The van der Waals surface area contributed by atoms with Crippen LogP contribution in [0.1, 0.15) is 79.6 Å². The van der Waals surface area contributed by atoms with Crippen LogP contribution in [0.4, 0.5) is 0 Å². The van der Waals surface area contributed by atoms with Crippen LogP contribution in [0.25, 0.3) is 0 Å². The van der Waals surface area contributed by atoms with Gasteiger partial charge in [0.15, 0.2) is 0 Å². The first-order valence-corrected chi connectivity index (χ1v) is 12.9. The Morgan fingerprint density at radius 2 is 2.06 bits per heavy atom. The van der Waals surface area contributed by atoms with Crippen molar-refractivity contribution in [2.75, 3.05) is 7.11 Å². The van der Waals surface area contributed by atoms with Crippen LogP contribution in [0, 0.1) is 22.7 Å². The number of aliphatic hydroxyl groups is 2. The fourth-order valence-electron chi connectivity index (χ4n) is 6.11. The van der Waals surface area contributed by atoms with E-state index in [1.165, 1.54) is 18.4 Å². The van der Waals surface area contributed by atoms with Crippen LogP contribution in [0.2, 0.25) is 0 Å². The largest absolute Gasteiger partial charge is 0.399 e. The lowest BCUT2D eigenvalue weighted by Crippen LogP contribution is -2.32. The fourth-order valence-corrected chi connectivity index (χ4v) is 6.11. The van der Waals surface area contributed by atoms with Crippen LogP contribution in [0.15, 0.2) is 64.4 Å². The molecule has 2 N–H and O–H groups in total. The minimum absolute atomic E-state index is 0.0489. The van der Waals surface area contributed by atoms with Crippen molar-refractivity contribution < 1.29 is 15.1 Å². The summed E-state index contributed by atoms with van der Waals surface area (Å²) in [6, 6.07) is 0. The van der Waals surface area contributed by atoms with Gasteiger partial charge in [0.1, 0.15) is 7.11 Å². The average molecular weight is 468 g/mol. The molecule has 0 aromatic rings. The molecule has 34 heavy (non-hydrogen) atoms. The van der Waals surface area contributed by atoms with Crippen molar-refractivity contribution in [3.63, 3.8) is 0 Å². The van der Waals surface area contributed by atoms with Crippen molar-refractivity contribution in [3.05, 3.63) is 59.3 Å². The predicted octanol–water partition coefficient (Wildman–Crippen LogP) is 6.68. The van der Waals surface area contributed by atoms with E-state index in [1.807, 2.05) is 0 Å². The molecule has 0 heterocycles. The number of hydrogen-bond donors (Lipinski definition) is 2. The molecule has 188 valence electrons. The standard InChI is InChI=1S/C30H45NO3/c1-20(10-8-12-28(31-34-7)29(3,4)5)25-15-16-26-22(11-9-17-30(25,26)6)13-14-23-18-24(32)19-27(33)21(23)2/h8,12-15,20,24,26-27,32-33H,2,9-11,16-19H2,1,3-7H3/b12-8+,22-13+,23-14-,31-28+/t20-,24+,26-,27-,30+/m0/s1. The number of allylic oxidation sites excluding steroid dienone is 7. The molecule has 0 aromatic carbocycles. The van der Waals surface area contributed by atoms with Crippen molar-refractivity contribution in [1.29, 1.82) is 0 Å². The lowest BCUT2D eigenvalue weighted by atomic mass is 9.62. The maximum Gasteiger partial charge on any atom is 0.106 e. The summed E-state index contributed by atoms with van der Waals surface area (Å²) in [6.07, 6.45) is 16.7. The smallest absolute Gasteiger partial charge is 0.106 e. The van der Waals surface area contributed by atoms with Gasteiger partial charge in [-0.1, -0.05) is 81.8 Å². The van der Waals surface area contributed by atoms with Crippen LogP contribution in [0.3, 0.4) is 0 Å². The summed E-state index contributed by atoms with van der Waals surface area (Å²) < 4.78 is 0. The molecule has 4 heteroatoms. The average Bonchev–Trinajstić information content (AvgIpc) is 3.11. The Balaban J connectivity index is 1.73. The molecule has 0 aliphatic heterocycles. The molecule has 0 saturated heterocycles. The Morgan fingerprint density at radius 3 is 2.74 bits per heavy atom. The zero-order valence-electron chi connectivity index (χ0n) is 22.1. The van der Waals surface area contributed by atoms with Crippen molar-refractivity contribution >= 4 is 5.71 Å². The lowest BCUT2D eigenvalue weighted by molar-refractivity contribution is 0.0862. The Hall–Kier alpha value is -1.91. The van der Waals surface area contributed by atoms with Gasteiger partial charge in [0.2, 0.25) is 0 Å². The number of oxime groups is 1. The molecule has 0 bridgehead atoms. The highest BCUT2D eigenvalue weighted by molar-refractivity contribution is 5.98. The summed E-state index contributed by atoms with van der Waals surface area (Å²) in [5, 5.41) is 24.5. The highest BCUT2D eigenvalue weighted by atomic mass is 16.6. The zero-order chi connectivity index (χ0) is 25.1. The molecule has 4 nitrogen and oxygen atoms in total. The number of fused-ring (bicyclic) bond motifs is 1. The van der Waals surface area contributed by atoms with Gasteiger partial charge in [-0.05, 0) is 73.0 Å². The van der Waals surface area contributed by atoms with E-state index in [9.17, 15) is 10.2 Å². The van der Waals surface area contributed by atoms with Gasteiger partial charge >= 0.3 is 0 Å². The van der Waals surface area contributed by atoms with Crippen LogP contribution in [-0.4, -0.2) is 35.2 Å². The fraction of sp³-hybridized carbons (Fsp3) is 0.633. The Bertz CT molecular complexity index is 914. The molecular weight excluding hydrogens is 422 g/mol. The lowest BCUT2D eigenvalue weighted by Gasteiger charge is -2.42. The maximum atomic E-state index is 10.2. The Labute approximate surface area is 206 Å². The highest BCUT2D eigenvalue weighted by Crippen LogP contribution is 2.57. The molecule has 5 atom stereocenters. The van der Waals surface area contributed by atoms with Gasteiger partial charge < -0.3 is 15.1 Å². The third kappa shape index (κ3) is 5.83. The normalized spacial score (nSPS) is 34.0. The molecule has 0 radical (unpaired) electrons. The summed E-state index contributed by atoms with van der Waals surface area (Å²) in [7, 11) is 1.60. The van der Waals surface area contributed by atoms with E-state index in [0.29, 0.717) is 24.7 Å². The Morgan fingerprint density at radius 1 is 1.32 bits per heavy atom. The molecular formula is C30H45NO3. The highest BCUT2D eigenvalue weighted by Gasteiger charge is 2.45. The van der Waals surface area contributed by atoms with Gasteiger partial charge in [-0.25, -0.2) is 0 Å². The summed E-state index contributed by atoms with van der Waals surface area (Å²) >= 11 is 0. The number of nitrogens with zero attached hydrogens (tertiary/aromatic N) is 1. The van der Waals surface area contributed by atoms with E-state index < -0.39 is 12.2 Å². The molecule has 0 unspecified atom stereocenters. The minimum Gasteiger partial charge on any atom is -0.399 e. The predicted molar refractivity (Wildman–Crippen MR) is 142 cm³/mol. The first-order valence-electron chi connectivity index (χ1n) is 12.9. The third-order valence-corrected chi connectivity index (χ3v) is 8.13. The topological polar surface area (TPSA) is 62.0 Å². The van der Waals surface area contributed by atoms with Gasteiger partial charge in [-0.2, -0.15) is 0 Å². The number of aliphatic hydroxyl groups excluding tert-OH is 2. The molecule has 0 spiro atoms. The second-order valence-electron chi connectivity index (χ2n) is 11.7. The number of rotatable bonds is 6. The van der Waals surface area contributed by atoms with Crippen molar-refractivity contribution in [2.24, 2.45) is 27.8 Å². The van der Waals surface area contributed by atoms with Crippen LogP contribution in [0.5, 0.6) is 0 Å². The van der Waals surface area contributed by atoms with E-state index in [4.69, 9.17) is 4.84 Å².